The lowest BCUT2D eigenvalue weighted by atomic mass is 9.94. The number of piperidine rings is 1. The first-order valence-electron chi connectivity index (χ1n) is 9.69. The molecule has 0 saturated carbocycles. The van der Waals surface area contributed by atoms with Crippen LogP contribution in [0, 0.1) is 5.92 Å². The topological polar surface area (TPSA) is 51.7 Å². The highest BCUT2D eigenvalue weighted by Crippen LogP contribution is 2.26. The van der Waals surface area contributed by atoms with E-state index in [2.05, 4.69) is 23.2 Å². The van der Waals surface area contributed by atoms with E-state index in [1.54, 1.807) is 10.4 Å². The van der Waals surface area contributed by atoms with Gasteiger partial charge in [-0.05, 0) is 36.6 Å². The van der Waals surface area contributed by atoms with Crippen molar-refractivity contribution < 1.29 is 14.3 Å². The van der Waals surface area contributed by atoms with Crippen LogP contribution in [0.3, 0.4) is 0 Å². The molecule has 3 aromatic rings. The Hall–Kier alpha value is -2.60. The first kappa shape index (κ1) is 18.7. The summed E-state index contributed by atoms with van der Waals surface area (Å²) < 4.78 is 11.4. The molecule has 5 nitrogen and oxygen atoms in total. The fourth-order valence-electron chi connectivity index (χ4n) is 3.60. The molecule has 1 aliphatic heterocycles. The fourth-order valence-corrected chi connectivity index (χ4v) is 4.14. The standard InChI is InChI=1S/C22H24N2O3S/c25-22(27-14-19-15-28-16-23-19)24-11-8-17(9-12-24)10-13-26-21-7-3-5-18-4-1-2-6-20(18)21/h1-7,15-17H,8-14H2. The van der Waals surface area contributed by atoms with Gasteiger partial charge in [0.05, 0.1) is 17.8 Å². The third kappa shape index (κ3) is 4.62. The monoisotopic (exact) mass is 396 g/mol. The summed E-state index contributed by atoms with van der Waals surface area (Å²) in [5, 5.41) is 4.25. The summed E-state index contributed by atoms with van der Waals surface area (Å²) in [4.78, 5) is 18.1. The molecule has 28 heavy (non-hydrogen) atoms. The summed E-state index contributed by atoms with van der Waals surface area (Å²) in [6.45, 7) is 2.44. The summed E-state index contributed by atoms with van der Waals surface area (Å²) in [5.74, 6) is 1.53. The predicted octanol–water partition coefficient (Wildman–Crippen LogP) is 5.11. The number of thiazole rings is 1. The second-order valence-electron chi connectivity index (χ2n) is 7.08. The number of amides is 1. The van der Waals surface area contributed by atoms with Crippen molar-refractivity contribution >= 4 is 28.2 Å². The van der Waals surface area contributed by atoms with Crippen LogP contribution in [-0.2, 0) is 11.3 Å². The largest absolute Gasteiger partial charge is 0.493 e. The van der Waals surface area contributed by atoms with Crippen molar-refractivity contribution in [2.24, 2.45) is 5.92 Å². The van der Waals surface area contributed by atoms with Gasteiger partial charge in [0, 0.05) is 23.9 Å². The number of fused-ring (bicyclic) bond motifs is 1. The maximum Gasteiger partial charge on any atom is 0.410 e. The fraction of sp³-hybridized carbons (Fsp3) is 0.364. The summed E-state index contributed by atoms with van der Waals surface area (Å²) in [6, 6.07) is 14.5. The van der Waals surface area contributed by atoms with Crippen LogP contribution >= 0.6 is 11.3 Å². The Kier molecular flexibility index (Phi) is 6.07. The van der Waals surface area contributed by atoms with E-state index in [0.29, 0.717) is 12.5 Å². The lowest BCUT2D eigenvalue weighted by Gasteiger charge is -2.31. The van der Waals surface area contributed by atoms with Crippen molar-refractivity contribution in [3.8, 4) is 5.75 Å². The number of hydrogen-bond donors (Lipinski definition) is 0. The summed E-state index contributed by atoms with van der Waals surface area (Å²) >= 11 is 1.51. The smallest absolute Gasteiger partial charge is 0.410 e. The van der Waals surface area contributed by atoms with Crippen molar-refractivity contribution in [1.29, 1.82) is 0 Å². The van der Waals surface area contributed by atoms with Gasteiger partial charge in [0.1, 0.15) is 12.4 Å². The number of ether oxygens (including phenoxy) is 2. The Bertz CT molecular complexity index is 900. The Morgan fingerprint density at radius 1 is 1.14 bits per heavy atom. The number of nitrogens with zero attached hydrogens (tertiary/aromatic N) is 2. The average Bonchev–Trinajstić information content (AvgIpc) is 3.26. The highest BCUT2D eigenvalue weighted by atomic mass is 32.1. The number of rotatable bonds is 6. The van der Waals surface area contributed by atoms with Crippen LogP contribution in [-0.4, -0.2) is 35.7 Å². The Morgan fingerprint density at radius 3 is 2.79 bits per heavy atom. The zero-order chi connectivity index (χ0) is 19.2. The van der Waals surface area contributed by atoms with E-state index in [0.717, 1.165) is 49.2 Å². The lowest BCUT2D eigenvalue weighted by molar-refractivity contribution is 0.0792. The number of carbonyl (C=O) groups excluding carboxylic acids is 1. The SMILES string of the molecule is O=C(OCc1cscn1)N1CCC(CCOc2cccc3ccccc23)CC1. The van der Waals surface area contributed by atoms with Gasteiger partial charge in [0.15, 0.2) is 0 Å². The molecule has 4 rings (SSSR count). The van der Waals surface area contributed by atoms with Crippen molar-refractivity contribution in [2.45, 2.75) is 25.9 Å². The van der Waals surface area contributed by atoms with Gasteiger partial charge in [-0.25, -0.2) is 9.78 Å². The molecular formula is C22H24N2O3S. The summed E-state index contributed by atoms with van der Waals surface area (Å²) in [7, 11) is 0. The van der Waals surface area contributed by atoms with Gasteiger partial charge in [-0.15, -0.1) is 11.3 Å². The van der Waals surface area contributed by atoms with Crippen LogP contribution in [0.1, 0.15) is 25.0 Å². The molecule has 1 fully saturated rings. The van der Waals surface area contributed by atoms with Gasteiger partial charge >= 0.3 is 6.09 Å². The van der Waals surface area contributed by atoms with Crippen molar-refractivity contribution in [3.05, 3.63) is 59.0 Å². The van der Waals surface area contributed by atoms with E-state index in [4.69, 9.17) is 9.47 Å². The molecule has 0 atom stereocenters. The lowest BCUT2D eigenvalue weighted by Crippen LogP contribution is -2.39. The molecule has 1 aromatic heterocycles. The predicted molar refractivity (Wildman–Crippen MR) is 111 cm³/mol. The van der Waals surface area contributed by atoms with Crippen LogP contribution in [0.5, 0.6) is 5.75 Å². The minimum absolute atomic E-state index is 0.238. The molecule has 6 heteroatoms. The Balaban J connectivity index is 1.20. The van der Waals surface area contributed by atoms with Gasteiger partial charge in [0.25, 0.3) is 0 Å². The minimum atomic E-state index is -0.238. The second kappa shape index (κ2) is 9.06. The van der Waals surface area contributed by atoms with Crippen LogP contribution in [0.2, 0.25) is 0 Å². The van der Waals surface area contributed by atoms with Crippen LogP contribution < -0.4 is 4.74 Å². The normalized spacial score (nSPS) is 14.9. The van der Waals surface area contributed by atoms with Gasteiger partial charge < -0.3 is 14.4 Å². The molecule has 0 unspecified atom stereocenters. The third-order valence-corrected chi connectivity index (χ3v) is 5.87. The zero-order valence-electron chi connectivity index (χ0n) is 15.8. The number of likely N-dealkylation sites (tertiary alicyclic amines) is 1. The van der Waals surface area contributed by atoms with Crippen LogP contribution in [0.4, 0.5) is 4.79 Å². The minimum Gasteiger partial charge on any atom is -0.493 e. The first-order chi connectivity index (χ1) is 13.8. The maximum atomic E-state index is 12.2. The molecule has 2 heterocycles. The Labute approximate surface area is 168 Å². The molecule has 0 N–H and O–H groups in total. The zero-order valence-corrected chi connectivity index (χ0v) is 16.6. The van der Waals surface area contributed by atoms with E-state index in [1.807, 2.05) is 29.6 Å². The van der Waals surface area contributed by atoms with E-state index in [9.17, 15) is 4.79 Å². The quantitative estimate of drug-likeness (QED) is 0.581. The van der Waals surface area contributed by atoms with E-state index in [-0.39, 0.29) is 12.7 Å². The van der Waals surface area contributed by atoms with Crippen LogP contribution in [0.25, 0.3) is 10.8 Å². The summed E-state index contributed by atoms with van der Waals surface area (Å²) in [5.41, 5.74) is 2.55. The molecule has 1 amide bonds. The van der Waals surface area contributed by atoms with E-state index < -0.39 is 0 Å². The molecule has 0 bridgehead atoms. The summed E-state index contributed by atoms with van der Waals surface area (Å²) in [6.07, 6.45) is 2.75. The van der Waals surface area contributed by atoms with Gasteiger partial charge in [-0.2, -0.15) is 0 Å². The number of hydrogen-bond acceptors (Lipinski definition) is 5. The van der Waals surface area contributed by atoms with E-state index >= 15 is 0 Å². The molecule has 146 valence electrons. The van der Waals surface area contributed by atoms with Crippen molar-refractivity contribution in [3.63, 3.8) is 0 Å². The van der Waals surface area contributed by atoms with Gasteiger partial charge in [-0.1, -0.05) is 36.4 Å². The van der Waals surface area contributed by atoms with Crippen LogP contribution in [0.15, 0.2) is 53.4 Å². The number of benzene rings is 2. The number of carbonyl (C=O) groups is 1. The molecular weight excluding hydrogens is 372 g/mol. The van der Waals surface area contributed by atoms with Crippen molar-refractivity contribution in [1.82, 2.24) is 9.88 Å². The van der Waals surface area contributed by atoms with Gasteiger partial charge in [-0.3, -0.25) is 0 Å². The molecule has 2 aromatic carbocycles. The number of aromatic nitrogens is 1. The molecule has 1 aliphatic rings. The highest BCUT2D eigenvalue weighted by Gasteiger charge is 2.23. The molecule has 1 saturated heterocycles. The second-order valence-corrected chi connectivity index (χ2v) is 7.80. The Morgan fingerprint density at radius 2 is 1.96 bits per heavy atom. The van der Waals surface area contributed by atoms with Crippen molar-refractivity contribution in [2.75, 3.05) is 19.7 Å². The molecule has 0 radical (unpaired) electrons. The van der Waals surface area contributed by atoms with E-state index in [1.165, 1.54) is 16.7 Å². The molecule has 0 spiro atoms. The first-order valence-corrected chi connectivity index (χ1v) is 10.6. The third-order valence-electron chi connectivity index (χ3n) is 5.23. The maximum absolute atomic E-state index is 12.2. The average molecular weight is 397 g/mol. The molecule has 0 aliphatic carbocycles. The highest BCUT2D eigenvalue weighted by molar-refractivity contribution is 7.07. The van der Waals surface area contributed by atoms with Gasteiger partial charge in [0.2, 0.25) is 0 Å².